The van der Waals surface area contributed by atoms with Crippen LogP contribution in [0.3, 0.4) is 0 Å². The standard InChI is InChI=1S/C15H23BClNO3/c1-13(2,3)19-12-9-10(8-11(17)18-12)16-20-14(4,5)15(6,7)21-16/h8-9H,1-7H3. The van der Waals surface area contributed by atoms with Crippen molar-refractivity contribution >= 4 is 24.2 Å². The minimum absolute atomic E-state index is 0.342. The molecule has 1 saturated heterocycles. The lowest BCUT2D eigenvalue weighted by atomic mass is 9.80. The van der Waals surface area contributed by atoms with Crippen LogP contribution in [0, 0.1) is 0 Å². The lowest BCUT2D eigenvalue weighted by Gasteiger charge is -2.32. The van der Waals surface area contributed by atoms with Crippen LogP contribution in [0.25, 0.3) is 0 Å². The number of nitrogens with zero attached hydrogens (tertiary/aromatic N) is 1. The highest BCUT2D eigenvalue weighted by Gasteiger charge is 2.51. The summed E-state index contributed by atoms with van der Waals surface area (Å²) < 4.78 is 17.8. The van der Waals surface area contributed by atoms with Gasteiger partial charge in [0.15, 0.2) is 0 Å². The Kier molecular flexibility index (Phi) is 4.07. The van der Waals surface area contributed by atoms with Crippen molar-refractivity contribution in [2.45, 2.75) is 65.3 Å². The Bertz CT molecular complexity index is 524. The number of hydrogen-bond acceptors (Lipinski definition) is 4. The monoisotopic (exact) mass is 311 g/mol. The molecule has 6 heteroatoms. The van der Waals surface area contributed by atoms with E-state index < -0.39 is 18.3 Å². The minimum atomic E-state index is -0.474. The van der Waals surface area contributed by atoms with Gasteiger partial charge in [0, 0.05) is 6.07 Å². The van der Waals surface area contributed by atoms with E-state index in [4.69, 9.17) is 25.6 Å². The molecule has 0 amide bonds. The van der Waals surface area contributed by atoms with Gasteiger partial charge in [-0.25, -0.2) is 4.98 Å². The zero-order valence-corrected chi connectivity index (χ0v) is 14.5. The summed E-state index contributed by atoms with van der Waals surface area (Å²) in [7, 11) is -0.474. The van der Waals surface area contributed by atoms with Crippen LogP contribution < -0.4 is 10.2 Å². The molecule has 0 N–H and O–H groups in total. The number of aromatic nitrogens is 1. The molecule has 1 fully saturated rings. The van der Waals surface area contributed by atoms with Gasteiger partial charge in [0.2, 0.25) is 5.88 Å². The third-order valence-electron chi connectivity index (χ3n) is 3.73. The molecular weight excluding hydrogens is 288 g/mol. The topological polar surface area (TPSA) is 40.6 Å². The van der Waals surface area contributed by atoms with Crippen LogP contribution in [0.1, 0.15) is 48.5 Å². The Balaban J connectivity index is 2.30. The normalized spacial score (nSPS) is 20.7. The van der Waals surface area contributed by atoms with Gasteiger partial charge in [-0.15, -0.1) is 0 Å². The molecule has 4 nitrogen and oxygen atoms in total. The van der Waals surface area contributed by atoms with Crippen molar-refractivity contribution in [3.63, 3.8) is 0 Å². The SMILES string of the molecule is CC(C)(C)Oc1cc(B2OC(C)(C)C(C)(C)O2)cc(Cl)n1. The van der Waals surface area contributed by atoms with Crippen LogP contribution >= 0.6 is 11.6 Å². The molecule has 1 aromatic heterocycles. The fraction of sp³-hybridized carbons (Fsp3) is 0.667. The number of pyridine rings is 1. The van der Waals surface area contributed by atoms with Crippen LogP contribution in [0.5, 0.6) is 5.88 Å². The molecule has 1 aromatic rings. The molecule has 0 bridgehead atoms. The second-order valence-corrected chi connectivity index (χ2v) is 7.75. The lowest BCUT2D eigenvalue weighted by Crippen LogP contribution is -2.41. The first-order chi connectivity index (χ1) is 9.40. The zero-order valence-electron chi connectivity index (χ0n) is 13.8. The first-order valence-corrected chi connectivity index (χ1v) is 7.50. The molecule has 0 unspecified atom stereocenters. The van der Waals surface area contributed by atoms with Crippen LogP contribution in [0.2, 0.25) is 5.15 Å². The average molecular weight is 312 g/mol. The predicted molar refractivity (Wildman–Crippen MR) is 85.3 cm³/mol. The summed E-state index contributed by atoms with van der Waals surface area (Å²) in [5.74, 6) is 0.472. The van der Waals surface area contributed by atoms with Gasteiger partial charge in [-0.2, -0.15) is 0 Å². The third kappa shape index (κ3) is 3.71. The van der Waals surface area contributed by atoms with Crippen LogP contribution in [0.4, 0.5) is 0 Å². The van der Waals surface area contributed by atoms with Crippen LogP contribution in [0.15, 0.2) is 12.1 Å². The highest BCUT2D eigenvalue weighted by Crippen LogP contribution is 2.36. The second-order valence-electron chi connectivity index (χ2n) is 7.36. The summed E-state index contributed by atoms with van der Waals surface area (Å²) in [6, 6.07) is 3.57. The molecule has 0 atom stereocenters. The molecular formula is C15H23BClNO3. The van der Waals surface area contributed by atoms with E-state index in [-0.39, 0.29) is 5.60 Å². The first kappa shape index (κ1) is 16.6. The van der Waals surface area contributed by atoms with E-state index in [1.165, 1.54) is 0 Å². The summed E-state index contributed by atoms with van der Waals surface area (Å²) in [4.78, 5) is 4.20. The van der Waals surface area contributed by atoms with E-state index >= 15 is 0 Å². The Morgan fingerprint density at radius 1 is 1.10 bits per heavy atom. The number of halogens is 1. The molecule has 2 heterocycles. The number of hydrogen-bond donors (Lipinski definition) is 0. The van der Waals surface area contributed by atoms with Gasteiger partial charge >= 0.3 is 7.12 Å². The first-order valence-electron chi connectivity index (χ1n) is 7.12. The largest absolute Gasteiger partial charge is 0.495 e. The summed E-state index contributed by atoms with van der Waals surface area (Å²) in [6.45, 7) is 14.0. The molecule has 0 aliphatic carbocycles. The molecule has 2 rings (SSSR count). The van der Waals surface area contributed by atoms with Gasteiger partial charge in [-0.3, -0.25) is 0 Å². The molecule has 21 heavy (non-hydrogen) atoms. The molecule has 1 aliphatic rings. The summed E-state index contributed by atoms with van der Waals surface area (Å²) in [5, 5.41) is 0.362. The van der Waals surface area contributed by atoms with E-state index in [0.29, 0.717) is 11.0 Å². The van der Waals surface area contributed by atoms with E-state index in [2.05, 4.69) is 4.98 Å². The van der Waals surface area contributed by atoms with Gasteiger partial charge in [-0.05, 0) is 60.0 Å². The van der Waals surface area contributed by atoms with E-state index in [1.54, 1.807) is 6.07 Å². The van der Waals surface area contributed by atoms with E-state index in [1.807, 2.05) is 54.5 Å². The van der Waals surface area contributed by atoms with Gasteiger partial charge in [0.25, 0.3) is 0 Å². The average Bonchev–Trinajstić information content (AvgIpc) is 2.44. The van der Waals surface area contributed by atoms with Crippen molar-refractivity contribution in [2.24, 2.45) is 0 Å². The number of ether oxygens (including phenoxy) is 1. The van der Waals surface area contributed by atoms with Crippen LogP contribution in [-0.4, -0.2) is 28.9 Å². The van der Waals surface area contributed by atoms with Crippen molar-refractivity contribution < 1.29 is 14.0 Å². The maximum atomic E-state index is 6.10. The maximum absolute atomic E-state index is 6.10. The van der Waals surface area contributed by atoms with Crippen molar-refractivity contribution in [3.05, 3.63) is 17.3 Å². The van der Waals surface area contributed by atoms with Gasteiger partial charge in [0.1, 0.15) is 10.8 Å². The fourth-order valence-corrected chi connectivity index (χ4v) is 2.18. The molecule has 0 spiro atoms. The maximum Gasteiger partial charge on any atom is 0.495 e. The van der Waals surface area contributed by atoms with Gasteiger partial charge < -0.3 is 14.0 Å². The molecule has 116 valence electrons. The Labute approximate surface area is 132 Å². The Morgan fingerprint density at radius 3 is 2.10 bits per heavy atom. The number of rotatable bonds is 2. The van der Waals surface area contributed by atoms with E-state index in [0.717, 1.165) is 5.46 Å². The Morgan fingerprint density at radius 2 is 1.62 bits per heavy atom. The highest BCUT2D eigenvalue weighted by atomic mass is 35.5. The molecule has 1 aliphatic heterocycles. The van der Waals surface area contributed by atoms with Crippen molar-refractivity contribution in [1.82, 2.24) is 4.98 Å². The van der Waals surface area contributed by atoms with Crippen molar-refractivity contribution in [2.75, 3.05) is 0 Å². The van der Waals surface area contributed by atoms with Gasteiger partial charge in [0.05, 0.1) is 11.2 Å². The van der Waals surface area contributed by atoms with Crippen LogP contribution in [-0.2, 0) is 9.31 Å². The van der Waals surface area contributed by atoms with Crippen molar-refractivity contribution in [3.8, 4) is 5.88 Å². The summed E-state index contributed by atoms with van der Waals surface area (Å²) in [5.41, 5.74) is -0.310. The molecule has 0 aromatic carbocycles. The summed E-state index contributed by atoms with van der Waals surface area (Å²) in [6.07, 6.45) is 0. The summed E-state index contributed by atoms with van der Waals surface area (Å²) >= 11 is 6.10. The minimum Gasteiger partial charge on any atom is -0.472 e. The predicted octanol–water partition coefficient (Wildman–Crippen LogP) is 3.21. The van der Waals surface area contributed by atoms with E-state index in [9.17, 15) is 0 Å². The third-order valence-corrected chi connectivity index (χ3v) is 3.92. The molecule has 0 saturated carbocycles. The van der Waals surface area contributed by atoms with Crippen molar-refractivity contribution in [1.29, 1.82) is 0 Å². The fourth-order valence-electron chi connectivity index (χ4n) is 1.97. The smallest absolute Gasteiger partial charge is 0.472 e. The second kappa shape index (κ2) is 5.15. The lowest BCUT2D eigenvalue weighted by molar-refractivity contribution is 0.00578. The molecule has 0 radical (unpaired) electrons. The zero-order chi connectivity index (χ0) is 16.1. The highest BCUT2D eigenvalue weighted by molar-refractivity contribution is 6.62. The van der Waals surface area contributed by atoms with Gasteiger partial charge in [-0.1, -0.05) is 11.6 Å². The quantitative estimate of drug-likeness (QED) is 0.621. The Hall–Kier alpha value is -0.775.